The lowest BCUT2D eigenvalue weighted by atomic mass is 9.92. The summed E-state index contributed by atoms with van der Waals surface area (Å²) in [5, 5.41) is 28.3. The number of amides is 1. The molecule has 1 aliphatic rings. The highest BCUT2D eigenvalue weighted by atomic mass is 16.7. The number of benzene rings is 1. The number of aliphatic hydroxyl groups excluding tert-OH is 1. The molecule has 1 heterocycles. The van der Waals surface area contributed by atoms with E-state index < -0.39 is 17.6 Å². The highest BCUT2D eigenvalue weighted by Gasteiger charge is 2.32. The molecule has 5 N–H and O–H groups in total. The standard InChI is InChI=1S/C20H23N5O5/c1-20(2,28)10-29-25-18(27)15-16(22)23-17(12-5-3-4-11(6-12)9-21)24-19(15)30-14-7-13(26)8-14/h3-6,13-14,26,28H,7-8,10H2,1-2H3,(H,25,27)(H2,22,23,24)/t13-,14+. The normalized spacial score (nSPS) is 18.2. The van der Waals surface area contributed by atoms with Gasteiger partial charge >= 0.3 is 0 Å². The largest absolute Gasteiger partial charge is 0.473 e. The van der Waals surface area contributed by atoms with Gasteiger partial charge in [0.2, 0.25) is 5.88 Å². The van der Waals surface area contributed by atoms with Gasteiger partial charge in [-0.3, -0.25) is 9.63 Å². The van der Waals surface area contributed by atoms with Crippen LogP contribution in [0.3, 0.4) is 0 Å². The van der Waals surface area contributed by atoms with E-state index in [2.05, 4.69) is 15.4 Å². The minimum absolute atomic E-state index is 0.0545. The Labute approximate surface area is 173 Å². The number of hydroxylamine groups is 1. The van der Waals surface area contributed by atoms with Crippen LogP contribution in [0.5, 0.6) is 5.88 Å². The van der Waals surface area contributed by atoms with Crippen LogP contribution >= 0.6 is 0 Å². The Bertz CT molecular complexity index is 977. The first kappa shape index (κ1) is 21.4. The molecule has 0 aliphatic heterocycles. The zero-order chi connectivity index (χ0) is 21.9. The SMILES string of the molecule is CC(C)(O)CONC(=O)c1c(N)nc(-c2cccc(C#N)c2)nc1O[C@H]1C[C@@H](O)C1. The summed E-state index contributed by atoms with van der Waals surface area (Å²) < 4.78 is 5.80. The van der Waals surface area contributed by atoms with Crippen LogP contribution in [0.15, 0.2) is 24.3 Å². The van der Waals surface area contributed by atoms with Gasteiger partial charge in [0.05, 0.1) is 23.3 Å². The first-order chi connectivity index (χ1) is 14.2. The number of nitrogens with one attached hydrogen (secondary N) is 1. The maximum atomic E-state index is 12.6. The summed E-state index contributed by atoms with van der Waals surface area (Å²) in [6, 6.07) is 8.66. The first-order valence-corrected chi connectivity index (χ1v) is 9.33. The van der Waals surface area contributed by atoms with Gasteiger partial charge in [0, 0.05) is 18.4 Å². The predicted octanol–water partition coefficient (Wildman–Crippen LogP) is 0.932. The van der Waals surface area contributed by atoms with Crippen molar-refractivity contribution in [3.8, 4) is 23.3 Å². The highest BCUT2D eigenvalue weighted by Crippen LogP contribution is 2.31. The van der Waals surface area contributed by atoms with E-state index >= 15 is 0 Å². The van der Waals surface area contributed by atoms with E-state index in [1.807, 2.05) is 6.07 Å². The summed E-state index contributed by atoms with van der Waals surface area (Å²) in [4.78, 5) is 26.2. The first-order valence-electron chi connectivity index (χ1n) is 9.33. The summed E-state index contributed by atoms with van der Waals surface area (Å²) in [5.74, 6) is -0.736. The third-order valence-electron chi connectivity index (χ3n) is 4.32. The molecule has 158 valence electrons. The van der Waals surface area contributed by atoms with E-state index in [-0.39, 0.29) is 35.8 Å². The van der Waals surface area contributed by atoms with Gasteiger partial charge in [-0.05, 0) is 26.0 Å². The van der Waals surface area contributed by atoms with Crippen LogP contribution in [-0.4, -0.2) is 50.5 Å². The number of nitrogens with two attached hydrogens (primary N) is 1. The zero-order valence-corrected chi connectivity index (χ0v) is 16.6. The summed E-state index contributed by atoms with van der Waals surface area (Å²) in [7, 11) is 0. The van der Waals surface area contributed by atoms with Crippen LogP contribution in [-0.2, 0) is 4.84 Å². The number of carbonyl (C=O) groups excluding carboxylic acids is 1. The van der Waals surface area contributed by atoms with Crippen molar-refractivity contribution < 1.29 is 24.6 Å². The number of anilines is 1. The molecule has 2 aromatic rings. The lowest BCUT2D eigenvalue weighted by molar-refractivity contribution is -0.0524. The second-order valence-corrected chi connectivity index (χ2v) is 7.70. The maximum absolute atomic E-state index is 12.6. The van der Waals surface area contributed by atoms with Crippen molar-refractivity contribution in [1.82, 2.24) is 15.4 Å². The van der Waals surface area contributed by atoms with Gasteiger partial charge in [0.1, 0.15) is 24.1 Å². The van der Waals surface area contributed by atoms with Gasteiger partial charge in [0.25, 0.3) is 5.91 Å². The smallest absolute Gasteiger partial charge is 0.284 e. The van der Waals surface area contributed by atoms with Crippen molar-refractivity contribution >= 4 is 11.7 Å². The van der Waals surface area contributed by atoms with Crippen molar-refractivity contribution in [3.63, 3.8) is 0 Å². The van der Waals surface area contributed by atoms with Gasteiger partial charge in [-0.15, -0.1) is 0 Å². The van der Waals surface area contributed by atoms with Gasteiger partial charge in [-0.1, -0.05) is 12.1 Å². The lowest BCUT2D eigenvalue weighted by Crippen LogP contribution is -2.38. The quantitative estimate of drug-likeness (QED) is 0.483. The van der Waals surface area contributed by atoms with E-state index in [1.165, 1.54) is 13.8 Å². The molecule has 0 saturated heterocycles. The third kappa shape index (κ3) is 5.21. The van der Waals surface area contributed by atoms with E-state index in [0.717, 1.165) is 0 Å². The monoisotopic (exact) mass is 413 g/mol. The van der Waals surface area contributed by atoms with Crippen LogP contribution in [0.4, 0.5) is 5.82 Å². The molecule has 1 fully saturated rings. The van der Waals surface area contributed by atoms with Crippen LogP contribution in [0.2, 0.25) is 0 Å². The van der Waals surface area contributed by atoms with E-state index in [1.54, 1.807) is 24.3 Å². The van der Waals surface area contributed by atoms with Crippen LogP contribution < -0.4 is 16.0 Å². The topological polar surface area (TPSA) is 164 Å². The fraction of sp³-hybridized carbons (Fsp3) is 0.400. The second kappa shape index (κ2) is 8.62. The van der Waals surface area contributed by atoms with E-state index in [9.17, 15) is 15.0 Å². The Morgan fingerprint density at radius 1 is 1.40 bits per heavy atom. The Balaban J connectivity index is 1.92. The number of aliphatic hydroxyl groups is 2. The number of rotatable bonds is 7. The van der Waals surface area contributed by atoms with Crippen LogP contribution in [0.1, 0.15) is 42.6 Å². The minimum atomic E-state index is -1.15. The number of nitrogen functional groups attached to an aromatic ring is 1. The molecule has 0 atom stereocenters. The molecule has 1 aromatic carbocycles. The molecular weight excluding hydrogens is 390 g/mol. The Morgan fingerprint density at radius 2 is 2.13 bits per heavy atom. The van der Waals surface area contributed by atoms with Gasteiger partial charge in [0.15, 0.2) is 5.82 Å². The molecule has 0 bridgehead atoms. The third-order valence-corrected chi connectivity index (χ3v) is 4.32. The fourth-order valence-electron chi connectivity index (χ4n) is 2.73. The molecule has 10 heteroatoms. The molecule has 1 amide bonds. The molecule has 1 aliphatic carbocycles. The zero-order valence-electron chi connectivity index (χ0n) is 16.6. The number of carbonyl (C=O) groups is 1. The van der Waals surface area contributed by atoms with Gasteiger partial charge in [-0.2, -0.15) is 10.2 Å². The number of nitriles is 1. The van der Waals surface area contributed by atoms with E-state index in [4.69, 9.17) is 20.6 Å². The number of hydrogen-bond acceptors (Lipinski definition) is 9. The average molecular weight is 413 g/mol. The molecule has 30 heavy (non-hydrogen) atoms. The Morgan fingerprint density at radius 3 is 2.77 bits per heavy atom. The van der Waals surface area contributed by atoms with Gasteiger partial charge in [-0.25, -0.2) is 10.5 Å². The summed E-state index contributed by atoms with van der Waals surface area (Å²) in [6.45, 7) is 2.90. The minimum Gasteiger partial charge on any atom is -0.473 e. The molecule has 0 radical (unpaired) electrons. The summed E-state index contributed by atoms with van der Waals surface area (Å²) in [6.07, 6.45) is 0.0172. The predicted molar refractivity (Wildman–Crippen MR) is 106 cm³/mol. The molecule has 0 spiro atoms. The Kier molecular flexibility index (Phi) is 6.17. The second-order valence-electron chi connectivity index (χ2n) is 7.70. The lowest BCUT2D eigenvalue weighted by Gasteiger charge is -2.31. The maximum Gasteiger partial charge on any atom is 0.284 e. The molecular formula is C20H23N5O5. The molecule has 1 saturated carbocycles. The fourth-order valence-corrected chi connectivity index (χ4v) is 2.73. The van der Waals surface area contributed by atoms with Crippen molar-refractivity contribution in [3.05, 3.63) is 35.4 Å². The van der Waals surface area contributed by atoms with Crippen molar-refractivity contribution in [2.24, 2.45) is 0 Å². The van der Waals surface area contributed by atoms with E-state index in [0.29, 0.717) is 24.0 Å². The van der Waals surface area contributed by atoms with Crippen LogP contribution in [0, 0.1) is 11.3 Å². The van der Waals surface area contributed by atoms with Crippen molar-refractivity contribution in [1.29, 1.82) is 5.26 Å². The Hall–Kier alpha value is -3.26. The van der Waals surface area contributed by atoms with Crippen LogP contribution in [0.25, 0.3) is 11.4 Å². The molecule has 3 rings (SSSR count). The number of nitrogens with zero attached hydrogens (tertiary/aromatic N) is 3. The highest BCUT2D eigenvalue weighted by molar-refractivity contribution is 6.00. The van der Waals surface area contributed by atoms with Crippen molar-refractivity contribution in [2.75, 3.05) is 12.3 Å². The number of aromatic nitrogens is 2. The summed E-state index contributed by atoms with van der Waals surface area (Å²) >= 11 is 0. The number of hydrogen-bond donors (Lipinski definition) is 4. The summed E-state index contributed by atoms with van der Waals surface area (Å²) in [5.41, 5.74) is 7.93. The molecule has 0 unspecified atom stereocenters. The number of ether oxygens (including phenoxy) is 1. The average Bonchev–Trinajstić information content (AvgIpc) is 2.65. The molecule has 10 nitrogen and oxygen atoms in total. The molecule has 1 aromatic heterocycles. The van der Waals surface area contributed by atoms with Gasteiger partial charge < -0.3 is 20.7 Å². The van der Waals surface area contributed by atoms with Crippen molar-refractivity contribution in [2.45, 2.75) is 44.5 Å².